The van der Waals surface area contributed by atoms with Gasteiger partial charge >= 0.3 is 5.97 Å². The van der Waals surface area contributed by atoms with Crippen LogP contribution in [0.15, 0.2) is 41.5 Å². The molecule has 1 aliphatic heterocycles. The van der Waals surface area contributed by atoms with Gasteiger partial charge in [-0.05, 0) is 35.2 Å². The highest BCUT2D eigenvalue weighted by Crippen LogP contribution is 2.41. The molecule has 4 unspecified atom stereocenters. The second kappa shape index (κ2) is 9.18. The van der Waals surface area contributed by atoms with Crippen molar-refractivity contribution >= 4 is 28.3 Å². The van der Waals surface area contributed by atoms with Crippen LogP contribution in [0.3, 0.4) is 0 Å². The third kappa shape index (κ3) is 3.90. The number of phenols is 1. The molecule has 1 heterocycles. The van der Waals surface area contributed by atoms with Gasteiger partial charge in [-0.25, -0.2) is 4.79 Å². The molecule has 0 spiro atoms. The Labute approximate surface area is 211 Å². The van der Waals surface area contributed by atoms with E-state index in [1.54, 1.807) is 18.2 Å². The summed E-state index contributed by atoms with van der Waals surface area (Å²) >= 11 is 6.32. The van der Waals surface area contributed by atoms with Gasteiger partial charge in [-0.1, -0.05) is 41.3 Å². The minimum atomic E-state index is -1.25. The van der Waals surface area contributed by atoms with E-state index < -0.39 is 43.1 Å². The molecule has 2 aliphatic carbocycles. The van der Waals surface area contributed by atoms with Crippen molar-refractivity contribution in [1.29, 1.82) is 0 Å². The SMILES string of the molecule is COc1cc2c(C(=O)OC3C=C4C#CC5(C(O)CO)OC5C#CC=C4C3)c(O)ccc2c(CO)c1Cl. The van der Waals surface area contributed by atoms with Gasteiger partial charge in [0, 0.05) is 22.9 Å². The summed E-state index contributed by atoms with van der Waals surface area (Å²) in [4.78, 5) is 13.2. The van der Waals surface area contributed by atoms with Gasteiger partial charge in [-0.15, -0.1) is 0 Å². The van der Waals surface area contributed by atoms with E-state index in [9.17, 15) is 25.2 Å². The number of carbonyl (C=O) groups excluding carboxylic acids is 1. The lowest BCUT2D eigenvalue weighted by Gasteiger charge is -2.16. The van der Waals surface area contributed by atoms with Crippen LogP contribution in [0.5, 0.6) is 11.5 Å². The molecule has 2 aromatic rings. The lowest BCUT2D eigenvalue weighted by atomic mass is 9.98. The van der Waals surface area contributed by atoms with Crippen LogP contribution in [0.25, 0.3) is 10.8 Å². The minimum Gasteiger partial charge on any atom is -0.507 e. The second-order valence-corrected chi connectivity index (χ2v) is 8.89. The van der Waals surface area contributed by atoms with Crippen molar-refractivity contribution in [1.82, 2.24) is 0 Å². The summed E-state index contributed by atoms with van der Waals surface area (Å²) in [5, 5.41) is 40.9. The average Bonchev–Trinajstić information content (AvgIpc) is 3.43. The van der Waals surface area contributed by atoms with E-state index in [0.29, 0.717) is 28.3 Å². The first kappa shape index (κ1) is 24.2. The number of hydrogen-bond donors (Lipinski definition) is 4. The van der Waals surface area contributed by atoms with Crippen LogP contribution in [-0.2, 0) is 16.1 Å². The fraction of sp³-hybridized carbons (Fsp3) is 0.296. The summed E-state index contributed by atoms with van der Waals surface area (Å²) in [5.41, 5.74) is 0.342. The van der Waals surface area contributed by atoms with Gasteiger partial charge in [-0.2, -0.15) is 0 Å². The number of epoxide rings is 1. The van der Waals surface area contributed by atoms with Crippen LogP contribution < -0.4 is 4.74 Å². The number of aromatic hydroxyl groups is 1. The van der Waals surface area contributed by atoms with Gasteiger partial charge in [0.05, 0.1) is 25.3 Å². The van der Waals surface area contributed by atoms with Crippen molar-refractivity contribution in [3.8, 4) is 35.2 Å². The Bertz CT molecular complexity index is 1470. The molecule has 5 rings (SSSR count). The molecular formula is C27H21ClO8. The molecule has 0 bridgehead atoms. The Balaban J connectivity index is 1.48. The van der Waals surface area contributed by atoms with E-state index in [1.165, 1.54) is 19.2 Å². The zero-order valence-electron chi connectivity index (χ0n) is 19.0. The minimum absolute atomic E-state index is 0.0872. The molecule has 0 aromatic heterocycles. The molecule has 8 nitrogen and oxygen atoms in total. The number of phenolic OH excluding ortho intramolecular Hbond substituents is 1. The highest BCUT2D eigenvalue weighted by molar-refractivity contribution is 6.34. The summed E-state index contributed by atoms with van der Waals surface area (Å²) in [7, 11) is 1.41. The Hall–Kier alpha value is -3.50. The van der Waals surface area contributed by atoms with E-state index in [4.69, 9.17) is 25.8 Å². The normalized spacial score (nSPS) is 24.2. The first-order chi connectivity index (χ1) is 17.3. The zero-order chi connectivity index (χ0) is 25.6. The lowest BCUT2D eigenvalue weighted by molar-refractivity contribution is 0.0404. The molecule has 184 valence electrons. The Kier molecular flexibility index (Phi) is 6.17. The molecule has 36 heavy (non-hydrogen) atoms. The maximum Gasteiger partial charge on any atom is 0.343 e. The van der Waals surface area contributed by atoms with E-state index >= 15 is 0 Å². The first-order valence-corrected chi connectivity index (χ1v) is 11.5. The van der Waals surface area contributed by atoms with Crippen LogP contribution >= 0.6 is 11.6 Å². The molecule has 4 atom stereocenters. The number of fused-ring (bicyclic) bond motifs is 3. The molecule has 0 radical (unpaired) electrons. The topological polar surface area (TPSA) is 129 Å². The number of benzene rings is 2. The molecule has 1 saturated heterocycles. The van der Waals surface area contributed by atoms with Gasteiger partial charge in [0.25, 0.3) is 0 Å². The van der Waals surface area contributed by atoms with Crippen LogP contribution in [0, 0.1) is 23.7 Å². The zero-order valence-corrected chi connectivity index (χ0v) is 19.8. The number of ether oxygens (including phenoxy) is 3. The quantitative estimate of drug-likeness (QED) is 0.265. The highest BCUT2D eigenvalue weighted by atomic mass is 35.5. The smallest absolute Gasteiger partial charge is 0.343 e. The summed E-state index contributed by atoms with van der Waals surface area (Å²) in [5.74, 6) is 10.8. The number of hydrogen-bond acceptors (Lipinski definition) is 8. The Morgan fingerprint density at radius 1 is 1.33 bits per heavy atom. The summed E-state index contributed by atoms with van der Waals surface area (Å²) in [6, 6.07) is 4.41. The van der Waals surface area contributed by atoms with Gasteiger partial charge in [0.15, 0.2) is 11.7 Å². The third-order valence-corrected chi connectivity index (χ3v) is 6.85. The summed E-state index contributed by atoms with van der Waals surface area (Å²) in [6.45, 7) is -0.916. The largest absolute Gasteiger partial charge is 0.507 e. The number of methoxy groups -OCH3 is 1. The molecule has 0 amide bonds. The fourth-order valence-corrected chi connectivity index (χ4v) is 4.74. The number of allylic oxidation sites excluding steroid dienone is 2. The predicted octanol–water partition coefficient (Wildman–Crippen LogP) is 1.99. The van der Waals surface area contributed by atoms with Gasteiger partial charge < -0.3 is 34.6 Å². The summed E-state index contributed by atoms with van der Waals surface area (Å²) < 4.78 is 16.5. The number of aliphatic hydroxyl groups excluding tert-OH is 3. The predicted molar refractivity (Wildman–Crippen MR) is 129 cm³/mol. The number of carbonyl (C=O) groups is 1. The number of rotatable bonds is 6. The average molecular weight is 509 g/mol. The summed E-state index contributed by atoms with van der Waals surface area (Å²) in [6.07, 6.45) is 1.15. The third-order valence-electron chi connectivity index (χ3n) is 6.43. The highest BCUT2D eigenvalue weighted by Gasteiger charge is 2.60. The van der Waals surface area contributed by atoms with Gasteiger partial charge in [0.1, 0.15) is 29.3 Å². The van der Waals surface area contributed by atoms with Crippen LogP contribution in [0.2, 0.25) is 5.02 Å². The van der Waals surface area contributed by atoms with Crippen molar-refractivity contribution in [2.24, 2.45) is 0 Å². The molecule has 2 aromatic carbocycles. The van der Waals surface area contributed by atoms with Crippen molar-refractivity contribution in [3.05, 3.63) is 57.6 Å². The van der Waals surface area contributed by atoms with Gasteiger partial charge in [0.2, 0.25) is 0 Å². The van der Waals surface area contributed by atoms with Crippen molar-refractivity contribution in [2.75, 3.05) is 13.7 Å². The maximum atomic E-state index is 13.2. The number of aliphatic hydroxyl groups is 3. The number of esters is 1. The van der Waals surface area contributed by atoms with E-state index in [-0.39, 0.29) is 22.1 Å². The molecule has 0 saturated carbocycles. The lowest BCUT2D eigenvalue weighted by Crippen LogP contribution is -2.33. The Morgan fingerprint density at radius 2 is 2.14 bits per heavy atom. The first-order valence-electron chi connectivity index (χ1n) is 11.1. The van der Waals surface area contributed by atoms with Crippen molar-refractivity contribution < 1.29 is 39.4 Å². The molecular weight excluding hydrogens is 488 g/mol. The van der Waals surface area contributed by atoms with Gasteiger partial charge in [-0.3, -0.25) is 0 Å². The van der Waals surface area contributed by atoms with Crippen LogP contribution in [0.4, 0.5) is 0 Å². The second-order valence-electron chi connectivity index (χ2n) is 8.51. The van der Waals surface area contributed by atoms with Crippen LogP contribution in [-0.4, -0.2) is 64.0 Å². The van der Waals surface area contributed by atoms with E-state index in [0.717, 1.165) is 5.57 Å². The van der Waals surface area contributed by atoms with E-state index in [1.807, 2.05) is 0 Å². The van der Waals surface area contributed by atoms with Crippen molar-refractivity contribution in [3.63, 3.8) is 0 Å². The molecule has 3 aliphatic rings. The molecule has 4 N–H and O–H groups in total. The fourth-order valence-electron chi connectivity index (χ4n) is 4.44. The monoisotopic (exact) mass is 508 g/mol. The number of halogens is 1. The van der Waals surface area contributed by atoms with E-state index in [2.05, 4.69) is 23.7 Å². The molecule has 1 fully saturated rings. The van der Waals surface area contributed by atoms with Crippen molar-refractivity contribution in [2.45, 2.75) is 36.9 Å². The van der Waals surface area contributed by atoms with Crippen LogP contribution in [0.1, 0.15) is 22.3 Å². The maximum absolute atomic E-state index is 13.2. The Morgan fingerprint density at radius 3 is 2.86 bits per heavy atom. The standard InChI is InChI=1S/C27H21ClO8/c1-34-21-11-18-17(19(12-29)25(21)28)5-6-20(31)24(18)26(33)35-16-9-14-3-2-4-23-27(36-23,22(32)13-30)8-7-15(14)10-16/h3,5-6,10-11,16,22-23,29-32H,9,12-13H2,1H3. The molecule has 9 heteroatoms.